The summed E-state index contributed by atoms with van der Waals surface area (Å²) < 4.78 is 10.5. The van der Waals surface area contributed by atoms with Crippen LogP contribution in [0.25, 0.3) is 0 Å². The molecule has 6 heteroatoms. The lowest BCUT2D eigenvalue weighted by molar-refractivity contribution is -0.123. The van der Waals surface area contributed by atoms with E-state index in [-0.39, 0.29) is 18.6 Å². The van der Waals surface area contributed by atoms with E-state index in [4.69, 9.17) is 32.7 Å². The number of amides is 1. The molecule has 1 amide bonds. The molecule has 1 N–H and O–H groups in total. The van der Waals surface area contributed by atoms with Gasteiger partial charge in [0.2, 0.25) is 0 Å². The standard InChI is InChI=1S/C17H17Cl2NO3/c1-11(15-8-3-12(18)9-16(15)19)20-17(21)10-23-14-6-4-13(22-2)5-7-14/h3-9,11H,10H2,1-2H3,(H,20,21)/t11-/m0/s1. The number of ether oxygens (including phenoxy) is 2. The quantitative estimate of drug-likeness (QED) is 0.843. The molecule has 1 atom stereocenters. The van der Waals surface area contributed by atoms with Crippen LogP contribution in [0.4, 0.5) is 0 Å². The molecule has 0 bridgehead atoms. The average Bonchev–Trinajstić information content (AvgIpc) is 2.53. The number of hydrogen-bond donors (Lipinski definition) is 1. The van der Waals surface area contributed by atoms with Crippen molar-refractivity contribution < 1.29 is 14.3 Å². The van der Waals surface area contributed by atoms with E-state index in [0.717, 1.165) is 11.3 Å². The van der Waals surface area contributed by atoms with Gasteiger partial charge in [-0.05, 0) is 48.9 Å². The van der Waals surface area contributed by atoms with E-state index in [1.807, 2.05) is 6.92 Å². The van der Waals surface area contributed by atoms with Gasteiger partial charge in [-0.3, -0.25) is 4.79 Å². The molecule has 0 heterocycles. The molecule has 0 saturated heterocycles. The van der Waals surface area contributed by atoms with Gasteiger partial charge in [0, 0.05) is 10.0 Å². The Kier molecular flexibility index (Phi) is 6.13. The van der Waals surface area contributed by atoms with Crippen LogP contribution in [0, 0.1) is 0 Å². The number of benzene rings is 2. The van der Waals surface area contributed by atoms with Crippen LogP contribution in [-0.4, -0.2) is 19.6 Å². The summed E-state index contributed by atoms with van der Waals surface area (Å²) in [7, 11) is 1.59. The van der Waals surface area contributed by atoms with Gasteiger partial charge in [0.1, 0.15) is 11.5 Å². The Bertz CT molecular complexity index is 674. The fraction of sp³-hybridized carbons (Fsp3) is 0.235. The van der Waals surface area contributed by atoms with Crippen molar-refractivity contribution in [1.82, 2.24) is 5.32 Å². The SMILES string of the molecule is COc1ccc(OCC(=O)N[C@@H](C)c2ccc(Cl)cc2Cl)cc1. The van der Waals surface area contributed by atoms with Gasteiger partial charge < -0.3 is 14.8 Å². The minimum absolute atomic E-state index is 0.0815. The Hall–Kier alpha value is -1.91. The molecule has 0 aliphatic carbocycles. The zero-order valence-corrected chi connectivity index (χ0v) is 14.3. The minimum atomic E-state index is -0.244. The number of halogens is 2. The van der Waals surface area contributed by atoms with E-state index in [2.05, 4.69) is 5.32 Å². The fourth-order valence-corrected chi connectivity index (χ4v) is 2.61. The van der Waals surface area contributed by atoms with Crippen LogP contribution in [0.3, 0.4) is 0 Å². The third-order valence-electron chi connectivity index (χ3n) is 3.24. The van der Waals surface area contributed by atoms with E-state index in [1.54, 1.807) is 49.6 Å². The zero-order chi connectivity index (χ0) is 16.8. The Morgan fingerprint density at radius 3 is 2.39 bits per heavy atom. The highest BCUT2D eigenvalue weighted by molar-refractivity contribution is 6.35. The Morgan fingerprint density at radius 1 is 1.13 bits per heavy atom. The monoisotopic (exact) mass is 353 g/mol. The highest BCUT2D eigenvalue weighted by Crippen LogP contribution is 2.26. The molecule has 2 aromatic carbocycles. The molecule has 0 radical (unpaired) electrons. The van der Waals surface area contributed by atoms with Gasteiger partial charge in [-0.25, -0.2) is 0 Å². The Balaban J connectivity index is 1.88. The molecular formula is C17H17Cl2NO3. The molecular weight excluding hydrogens is 337 g/mol. The molecule has 2 aromatic rings. The topological polar surface area (TPSA) is 47.6 Å². The first-order chi connectivity index (χ1) is 11.0. The van der Waals surface area contributed by atoms with E-state index in [0.29, 0.717) is 15.8 Å². The van der Waals surface area contributed by atoms with E-state index in [9.17, 15) is 4.79 Å². The lowest BCUT2D eigenvalue weighted by Crippen LogP contribution is -2.31. The lowest BCUT2D eigenvalue weighted by atomic mass is 10.1. The summed E-state index contributed by atoms with van der Waals surface area (Å²) in [4.78, 5) is 12.0. The number of methoxy groups -OCH3 is 1. The molecule has 122 valence electrons. The van der Waals surface area contributed by atoms with Crippen LogP contribution >= 0.6 is 23.2 Å². The van der Waals surface area contributed by atoms with Crippen molar-refractivity contribution in [3.63, 3.8) is 0 Å². The van der Waals surface area contributed by atoms with Gasteiger partial charge in [-0.1, -0.05) is 29.3 Å². The second-order valence-electron chi connectivity index (χ2n) is 4.92. The van der Waals surface area contributed by atoms with Gasteiger partial charge in [-0.15, -0.1) is 0 Å². The van der Waals surface area contributed by atoms with Crippen molar-refractivity contribution in [3.8, 4) is 11.5 Å². The van der Waals surface area contributed by atoms with Gasteiger partial charge in [0.25, 0.3) is 5.91 Å². The fourth-order valence-electron chi connectivity index (χ4n) is 2.03. The smallest absolute Gasteiger partial charge is 0.258 e. The molecule has 0 aliphatic rings. The van der Waals surface area contributed by atoms with E-state index in [1.165, 1.54) is 0 Å². The zero-order valence-electron chi connectivity index (χ0n) is 12.8. The van der Waals surface area contributed by atoms with E-state index < -0.39 is 0 Å². The largest absolute Gasteiger partial charge is 0.497 e. The highest BCUT2D eigenvalue weighted by Gasteiger charge is 2.13. The number of rotatable bonds is 6. The number of carbonyl (C=O) groups is 1. The summed E-state index contributed by atoms with van der Waals surface area (Å²) in [6.07, 6.45) is 0. The van der Waals surface area contributed by atoms with Gasteiger partial charge in [-0.2, -0.15) is 0 Å². The summed E-state index contributed by atoms with van der Waals surface area (Å²) in [6, 6.07) is 11.9. The summed E-state index contributed by atoms with van der Waals surface area (Å²) in [5.74, 6) is 1.09. The lowest BCUT2D eigenvalue weighted by Gasteiger charge is -2.16. The molecule has 0 aliphatic heterocycles. The summed E-state index contributed by atoms with van der Waals surface area (Å²) >= 11 is 12.0. The Labute approximate surface area is 145 Å². The molecule has 0 fully saturated rings. The third-order valence-corrected chi connectivity index (χ3v) is 3.80. The number of hydrogen-bond acceptors (Lipinski definition) is 3. The predicted molar refractivity (Wildman–Crippen MR) is 91.5 cm³/mol. The minimum Gasteiger partial charge on any atom is -0.497 e. The maximum absolute atomic E-state index is 12.0. The number of nitrogens with one attached hydrogen (secondary N) is 1. The maximum Gasteiger partial charge on any atom is 0.258 e. The van der Waals surface area contributed by atoms with Gasteiger partial charge in [0.15, 0.2) is 6.61 Å². The van der Waals surface area contributed by atoms with Crippen LogP contribution in [-0.2, 0) is 4.79 Å². The van der Waals surface area contributed by atoms with Crippen LogP contribution in [0.5, 0.6) is 11.5 Å². The molecule has 0 saturated carbocycles. The normalized spacial score (nSPS) is 11.7. The number of carbonyl (C=O) groups excluding carboxylic acids is 1. The first-order valence-corrected chi connectivity index (χ1v) is 7.76. The first kappa shape index (κ1) is 17.4. The summed E-state index contributed by atoms with van der Waals surface area (Å²) in [6.45, 7) is 1.77. The maximum atomic E-state index is 12.0. The van der Waals surface area contributed by atoms with Crippen molar-refractivity contribution in [2.45, 2.75) is 13.0 Å². The molecule has 4 nitrogen and oxygen atoms in total. The second kappa shape index (κ2) is 8.09. The third kappa shape index (κ3) is 5.05. The van der Waals surface area contributed by atoms with Crippen molar-refractivity contribution in [1.29, 1.82) is 0 Å². The van der Waals surface area contributed by atoms with Crippen molar-refractivity contribution >= 4 is 29.1 Å². The van der Waals surface area contributed by atoms with Crippen molar-refractivity contribution in [2.24, 2.45) is 0 Å². The predicted octanol–water partition coefficient (Wildman–Crippen LogP) is 4.26. The van der Waals surface area contributed by atoms with E-state index >= 15 is 0 Å². The van der Waals surface area contributed by atoms with Gasteiger partial charge >= 0.3 is 0 Å². The molecule has 0 aromatic heterocycles. The average molecular weight is 354 g/mol. The van der Waals surface area contributed by atoms with Crippen molar-refractivity contribution in [2.75, 3.05) is 13.7 Å². The molecule has 0 spiro atoms. The highest BCUT2D eigenvalue weighted by atomic mass is 35.5. The molecule has 2 rings (SSSR count). The Morgan fingerprint density at radius 2 is 1.78 bits per heavy atom. The van der Waals surface area contributed by atoms with Crippen LogP contribution < -0.4 is 14.8 Å². The summed E-state index contributed by atoms with van der Waals surface area (Å²) in [5.41, 5.74) is 0.800. The van der Waals surface area contributed by atoms with Crippen molar-refractivity contribution in [3.05, 3.63) is 58.1 Å². The first-order valence-electron chi connectivity index (χ1n) is 7.00. The van der Waals surface area contributed by atoms with Gasteiger partial charge in [0.05, 0.1) is 13.2 Å². The summed E-state index contributed by atoms with van der Waals surface area (Å²) in [5, 5.41) is 3.90. The second-order valence-corrected chi connectivity index (χ2v) is 5.76. The molecule has 0 unspecified atom stereocenters. The molecule has 23 heavy (non-hydrogen) atoms. The van der Waals surface area contributed by atoms with Crippen LogP contribution in [0.1, 0.15) is 18.5 Å². The van der Waals surface area contributed by atoms with Crippen LogP contribution in [0.2, 0.25) is 10.0 Å². The van der Waals surface area contributed by atoms with Crippen LogP contribution in [0.15, 0.2) is 42.5 Å².